The number of pyridine rings is 1. The topological polar surface area (TPSA) is 45.8 Å². The number of nitrogens with one attached hydrogen (secondary N) is 1. The van der Waals surface area contributed by atoms with E-state index >= 15 is 0 Å². The summed E-state index contributed by atoms with van der Waals surface area (Å²) in [6, 6.07) is 1.83. The Balaban J connectivity index is 2.82. The Morgan fingerprint density at radius 3 is 3.00 bits per heavy atom. The number of hydrogen-bond acceptors (Lipinski definition) is 2. The Kier molecular flexibility index (Phi) is 1.43. The minimum atomic E-state index is 0.598. The second-order valence-corrected chi connectivity index (χ2v) is 2.76. The van der Waals surface area contributed by atoms with Crippen LogP contribution in [0.5, 0.6) is 0 Å². The van der Waals surface area contributed by atoms with Gasteiger partial charge in [-0.25, -0.2) is 0 Å². The predicted molar refractivity (Wildman–Crippen MR) is 46.2 cm³/mol. The summed E-state index contributed by atoms with van der Waals surface area (Å²) in [5.41, 5.74) is 2.59. The molecule has 0 saturated heterocycles. The molecule has 0 unspecified atom stereocenters. The predicted octanol–water partition coefficient (Wildman–Crippen LogP) is 1.68. The van der Waals surface area contributed by atoms with E-state index < -0.39 is 0 Å². The van der Waals surface area contributed by atoms with Crippen LogP contribution in [0.15, 0.2) is 18.5 Å². The molecular formula is C9H8N2O. The lowest BCUT2D eigenvalue weighted by molar-refractivity contribution is 0.112. The van der Waals surface area contributed by atoms with Crippen molar-refractivity contribution in [2.45, 2.75) is 6.92 Å². The Bertz CT molecular complexity index is 431. The number of hydrogen-bond donors (Lipinski definition) is 1. The molecule has 0 radical (unpaired) electrons. The molecule has 60 valence electrons. The summed E-state index contributed by atoms with van der Waals surface area (Å²) in [5.74, 6) is 0. The van der Waals surface area contributed by atoms with Crippen molar-refractivity contribution >= 4 is 17.2 Å². The Morgan fingerprint density at radius 1 is 1.50 bits per heavy atom. The van der Waals surface area contributed by atoms with E-state index in [4.69, 9.17) is 0 Å². The van der Waals surface area contributed by atoms with E-state index in [1.165, 1.54) is 0 Å². The van der Waals surface area contributed by atoms with Crippen LogP contribution in [0.1, 0.15) is 16.1 Å². The van der Waals surface area contributed by atoms with Crippen LogP contribution in [0.2, 0.25) is 0 Å². The minimum absolute atomic E-state index is 0.598. The average Bonchev–Trinajstić information content (AvgIpc) is 2.49. The van der Waals surface area contributed by atoms with E-state index in [9.17, 15) is 4.79 Å². The summed E-state index contributed by atoms with van der Waals surface area (Å²) in [4.78, 5) is 17.4. The van der Waals surface area contributed by atoms with Crippen molar-refractivity contribution in [1.82, 2.24) is 9.97 Å². The molecular weight excluding hydrogens is 152 g/mol. The largest absolute Gasteiger partial charge is 0.351 e. The van der Waals surface area contributed by atoms with E-state index in [1.54, 1.807) is 12.4 Å². The maximum atomic E-state index is 10.4. The molecule has 0 aromatic carbocycles. The normalized spacial score (nSPS) is 10.4. The molecule has 0 bridgehead atoms. The van der Waals surface area contributed by atoms with Gasteiger partial charge in [0.05, 0.1) is 17.4 Å². The van der Waals surface area contributed by atoms with Crippen LogP contribution < -0.4 is 0 Å². The second-order valence-electron chi connectivity index (χ2n) is 2.76. The number of aryl methyl sites for hydroxylation is 1. The van der Waals surface area contributed by atoms with Gasteiger partial charge in [0.15, 0.2) is 6.29 Å². The lowest BCUT2D eigenvalue weighted by Gasteiger charge is -1.91. The lowest BCUT2D eigenvalue weighted by Crippen LogP contribution is -1.77. The van der Waals surface area contributed by atoms with Crippen molar-refractivity contribution in [2.75, 3.05) is 0 Å². The van der Waals surface area contributed by atoms with Crippen LogP contribution in [0.25, 0.3) is 10.9 Å². The smallest absolute Gasteiger partial charge is 0.166 e. The van der Waals surface area contributed by atoms with Crippen LogP contribution >= 0.6 is 0 Å². The van der Waals surface area contributed by atoms with E-state index in [-0.39, 0.29) is 0 Å². The van der Waals surface area contributed by atoms with Gasteiger partial charge in [-0.15, -0.1) is 0 Å². The van der Waals surface area contributed by atoms with Gasteiger partial charge in [-0.2, -0.15) is 0 Å². The molecule has 1 N–H and O–H groups in total. The first kappa shape index (κ1) is 7.03. The summed E-state index contributed by atoms with van der Waals surface area (Å²) in [6.07, 6.45) is 4.31. The molecule has 2 heterocycles. The van der Waals surface area contributed by atoms with Crippen molar-refractivity contribution in [2.24, 2.45) is 0 Å². The zero-order chi connectivity index (χ0) is 8.55. The van der Waals surface area contributed by atoms with Gasteiger partial charge in [0, 0.05) is 11.6 Å². The van der Waals surface area contributed by atoms with E-state index in [1.807, 2.05) is 13.0 Å². The van der Waals surface area contributed by atoms with Crippen LogP contribution in [-0.4, -0.2) is 16.3 Å². The Labute approximate surface area is 69.4 Å². The first-order valence-electron chi connectivity index (χ1n) is 3.70. The number of rotatable bonds is 1. The highest BCUT2D eigenvalue weighted by atomic mass is 16.1. The molecule has 3 heteroatoms. The SMILES string of the molecule is Cc1cncc2[nH]c(C=O)cc12. The molecule has 2 rings (SSSR count). The van der Waals surface area contributed by atoms with E-state index in [2.05, 4.69) is 9.97 Å². The van der Waals surface area contributed by atoms with Crippen LogP contribution in [-0.2, 0) is 0 Å². The molecule has 0 aliphatic rings. The zero-order valence-electron chi connectivity index (χ0n) is 6.66. The average molecular weight is 160 g/mol. The third-order valence-corrected chi connectivity index (χ3v) is 1.89. The van der Waals surface area contributed by atoms with Crippen LogP contribution in [0, 0.1) is 6.92 Å². The standard InChI is InChI=1S/C9H8N2O/c1-6-3-10-4-9-8(6)2-7(5-12)11-9/h2-5,11H,1H3. The van der Waals surface area contributed by atoms with E-state index in [0.29, 0.717) is 5.69 Å². The monoisotopic (exact) mass is 160 g/mol. The first-order chi connectivity index (χ1) is 5.81. The highest BCUT2D eigenvalue weighted by Gasteiger charge is 2.01. The van der Waals surface area contributed by atoms with Gasteiger partial charge in [-0.3, -0.25) is 9.78 Å². The van der Waals surface area contributed by atoms with Gasteiger partial charge in [-0.1, -0.05) is 0 Å². The van der Waals surface area contributed by atoms with Crippen molar-refractivity contribution in [3.8, 4) is 0 Å². The molecule has 0 aliphatic carbocycles. The van der Waals surface area contributed by atoms with Crippen molar-refractivity contribution in [3.05, 3.63) is 29.7 Å². The molecule has 0 spiro atoms. The van der Waals surface area contributed by atoms with Gasteiger partial charge in [0.1, 0.15) is 0 Å². The number of carbonyl (C=O) groups is 1. The molecule has 0 amide bonds. The summed E-state index contributed by atoms with van der Waals surface area (Å²) in [6.45, 7) is 1.97. The minimum Gasteiger partial charge on any atom is -0.351 e. The van der Waals surface area contributed by atoms with Gasteiger partial charge in [-0.05, 0) is 18.6 Å². The molecule has 2 aromatic heterocycles. The number of nitrogens with zero attached hydrogens (tertiary/aromatic N) is 1. The summed E-state index contributed by atoms with van der Waals surface area (Å²) in [7, 11) is 0. The lowest BCUT2D eigenvalue weighted by atomic mass is 10.2. The van der Waals surface area contributed by atoms with Gasteiger partial charge >= 0.3 is 0 Å². The number of aromatic nitrogens is 2. The Morgan fingerprint density at radius 2 is 2.33 bits per heavy atom. The quantitative estimate of drug-likeness (QED) is 0.645. The number of carbonyl (C=O) groups excluding carboxylic acids is 1. The van der Waals surface area contributed by atoms with Gasteiger partial charge in [0.2, 0.25) is 0 Å². The molecule has 0 saturated carbocycles. The molecule has 3 nitrogen and oxygen atoms in total. The van der Waals surface area contributed by atoms with Crippen LogP contribution in [0.3, 0.4) is 0 Å². The molecule has 12 heavy (non-hydrogen) atoms. The number of fused-ring (bicyclic) bond motifs is 1. The van der Waals surface area contributed by atoms with Crippen molar-refractivity contribution in [3.63, 3.8) is 0 Å². The van der Waals surface area contributed by atoms with Crippen molar-refractivity contribution in [1.29, 1.82) is 0 Å². The number of aromatic amines is 1. The van der Waals surface area contributed by atoms with Gasteiger partial charge < -0.3 is 4.98 Å². The second kappa shape index (κ2) is 2.44. The molecule has 0 aliphatic heterocycles. The number of H-pyrrole nitrogens is 1. The summed E-state index contributed by atoms with van der Waals surface area (Å²) >= 11 is 0. The van der Waals surface area contributed by atoms with E-state index in [0.717, 1.165) is 22.8 Å². The van der Waals surface area contributed by atoms with Crippen LogP contribution in [0.4, 0.5) is 0 Å². The zero-order valence-corrected chi connectivity index (χ0v) is 6.66. The number of aldehydes is 1. The van der Waals surface area contributed by atoms with Gasteiger partial charge in [0.25, 0.3) is 0 Å². The fraction of sp³-hybridized carbons (Fsp3) is 0.111. The van der Waals surface area contributed by atoms with Crippen molar-refractivity contribution < 1.29 is 4.79 Å². The Hall–Kier alpha value is -1.64. The third-order valence-electron chi connectivity index (χ3n) is 1.89. The fourth-order valence-corrected chi connectivity index (χ4v) is 1.28. The maximum Gasteiger partial charge on any atom is 0.166 e. The molecule has 0 atom stereocenters. The summed E-state index contributed by atoms with van der Waals surface area (Å²) < 4.78 is 0. The maximum absolute atomic E-state index is 10.4. The summed E-state index contributed by atoms with van der Waals surface area (Å²) in [5, 5.41) is 1.06. The highest BCUT2D eigenvalue weighted by molar-refractivity contribution is 5.89. The molecule has 0 fully saturated rings. The highest BCUT2D eigenvalue weighted by Crippen LogP contribution is 2.16. The first-order valence-corrected chi connectivity index (χ1v) is 3.70. The molecule has 2 aromatic rings. The third kappa shape index (κ3) is 0.906. The fourth-order valence-electron chi connectivity index (χ4n) is 1.28.